The lowest BCUT2D eigenvalue weighted by molar-refractivity contribution is -0.115. The maximum atomic E-state index is 13.8. The number of hydrogen-bond donors (Lipinski definition) is 1. The monoisotopic (exact) mass is 398 g/mol. The first kappa shape index (κ1) is 19.3. The van der Waals surface area contributed by atoms with E-state index in [1.807, 2.05) is 29.7 Å². The fourth-order valence-electron chi connectivity index (χ4n) is 3.42. The van der Waals surface area contributed by atoms with E-state index in [1.165, 1.54) is 6.07 Å². The van der Waals surface area contributed by atoms with Crippen molar-refractivity contribution in [3.05, 3.63) is 89.0 Å². The second-order valence-electron chi connectivity index (χ2n) is 7.22. The summed E-state index contributed by atoms with van der Waals surface area (Å²) in [5.74, 6) is -0.511. The molecular weight excluding hydrogens is 379 g/mol. The summed E-state index contributed by atoms with van der Waals surface area (Å²) in [6.07, 6.45) is 2.01. The highest BCUT2D eigenvalue weighted by Gasteiger charge is 2.18. The van der Waals surface area contributed by atoms with Crippen LogP contribution in [0.25, 0.3) is 16.9 Å². The summed E-state index contributed by atoms with van der Waals surface area (Å²) in [6.45, 7) is 3.67. The summed E-state index contributed by atoms with van der Waals surface area (Å²) in [6, 6.07) is 17.5. The number of fused-ring (bicyclic) bond motifs is 1. The van der Waals surface area contributed by atoms with Crippen molar-refractivity contribution in [1.29, 1.82) is 5.26 Å². The zero-order valence-electron chi connectivity index (χ0n) is 16.6. The third-order valence-corrected chi connectivity index (χ3v) is 4.90. The maximum absolute atomic E-state index is 13.8. The van der Waals surface area contributed by atoms with Crippen molar-refractivity contribution >= 4 is 17.2 Å². The zero-order chi connectivity index (χ0) is 21.3. The Hall–Kier alpha value is -3.98. The minimum absolute atomic E-state index is 0.0765. The van der Waals surface area contributed by atoms with Crippen LogP contribution in [0.3, 0.4) is 0 Å². The smallest absolute Gasteiger partial charge is 0.230 e. The Morgan fingerprint density at radius 1 is 1.17 bits per heavy atom. The van der Waals surface area contributed by atoms with E-state index >= 15 is 0 Å². The average Bonchev–Trinajstić information content (AvgIpc) is 3.07. The van der Waals surface area contributed by atoms with Crippen LogP contribution in [0.2, 0.25) is 0 Å². The van der Waals surface area contributed by atoms with Gasteiger partial charge in [0.05, 0.1) is 29.4 Å². The van der Waals surface area contributed by atoms with Gasteiger partial charge in [0.15, 0.2) is 0 Å². The van der Waals surface area contributed by atoms with Gasteiger partial charge in [-0.2, -0.15) is 5.26 Å². The Labute approximate surface area is 173 Å². The van der Waals surface area contributed by atoms with Gasteiger partial charge in [0, 0.05) is 17.4 Å². The molecule has 0 aliphatic carbocycles. The van der Waals surface area contributed by atoms with E-state index in [0.717, 1.165) is 11.1 Å². The molecule has 2 aromatic heterocycles. The summed E-state index contributed by atoms with van der Waals surface area (Å²) in [4.78, 5) is 17.5. The van der Waals surface area contributed by atoms with E-state index in [9.17, 15) is 9.18 Å². The fourth-order valence-corrected chi connectivity index (χ4v) is 3.42. The molecule has 0 fully saturated rings. The van der Waals surface area contributed by atoms with Crippen molar-refractivity contribution in [3.63, 3.8) is 0 Å². The topological polar surface area (TPSA) is 70.2 Å². The molecule has 0 bridgehead atoms. The third kappa shape index (κ3) is 3.78. The Morgan fingerprint density at radius 2 is 2.00 bits per heavy atom. The van der Waals surface area contributed by atoms with Gasteiger partial charge < -0.3 is 9.72 Å². The minimum Gasteiger partial charge on any atom is -0.326 e. The molecule has 30 heavy (non-hydrogen) atoms. The molecule has 0 aliphatic heterocycles. The first-order valence-electron chi connectivity index (χ1n) is 9.49. The lowest BCUT2D eigenvalue weighted by Gasteiger charge is -2.09. The van der Waals surface area contributed by atoms with Gasteiger partial charge in [0.25, 0.3) is 0 Å². The predicted molar refractivity (Wildman–Crippen MR) is 114 cm³/mol. The second kappa shape index (κ2) is 7.80. The van der Waals surface area contributed by atoms with Crippen LogP contribution in [0.5, 0.6) is 0 Å². The largest absolute Gasteiger partial charge is 0.326 e. The van der Waals surface area contributed by atoms with Gasteiger partial charge >= 0.3 is 0 Å². The lowest BCUT2D eigenvalue weighted by Crippen LogP contribution is -2.16. The van der Waals surface area contributed by atoms with Crippen LogP contribution in [0.4, 0.5) is 10.1 Å². The fraction of sp³-hybridized carbons (Fsp3) is 0.125. The summed E-state index contributed by atoms with van der Waals surface area (Å²) in [7, 11) is 0. The number of aromatic nitrogens is 2. The van der Waals surface area contributed by atoms with Crippen LogP contribution in [-0.4, -0.2) is 15.3 Å². The second-order valence-corrected chi connectivity index (χ2v) is 7.22. The van der Waals surface area contributed by atoms with Crippen molar-refractivity contribution in [2.24, 2.45) is 0 Å². The number of halogens is 1. The summed E-state index contributed by atoms with van der Waals surface area (Å²) in [5.41, 5.74) is 5.41. The number of anilines is 1. The Bertz CT molecular complexity index is 1320. The molecule has 0 unspecified atom stereocenters. The number of hydrogen-bond acceptors (Lipinski definition) is 3. The van der Waals surface area contributed by atoms with Crippen LogP contribution in [-0.2, 0) is 11.2 Å². The molecule has 0 saturated heterocycles. The van der Waals surface area contributed by atoms with Crippen molar-refractivity contribution < 1.29 is 9.18 Å². The number of carbonyl (C=O) groups excluding carboxylic acids is 1. The number of amides is 1. The molecule has 148 valence electrons. The number of rotatable bonds is 4. The average molecular weight is 398 g/mol. The van der Waals surface area contributed by atoms with E-state index in [0.29, 0.717) is 33.8 Å². The van der Waals surface area contributed by atoms with E-state index in [-0.39, 0.29) is 18.1 Å². The Kier molecular flexibility index (Phi) is 5.03. The molecule has 0 aliphatic rings. The predicted octanol–water partition coefficient (Wildman–Crippen LogP) is 4.81. The molecule has 0 radical (unpaired) electrons. The van der Waals surface area contributed by atoms with Gasteiger partial charge in [-0.05, 0) is 67.4 Å². The number of nitrogens with one attached hydrogen (secondary N) is 1. The summed E-state index contributed by atoms with van der Waals surface area (Å²) < 4.78 is 15.7. The molecule has 2 aromatic carbocycles. The highest BCUT2D eigenvalue weighted by atomic mass is 19.1. The summed E-state index contributed by atoms with van der Waals surface area (Å²) in [5, 5.41) is 11.9. The molecule has 5 nitrogen and oxygen atoms in total. The molecule has 0 spiro atoms. The molecule has 6 heteroatoms. The van der Waals surface area contributed by atoms with Crippen LogP contribution in [0.1, 0.15) is 22.4 Å². The number of pyridine rings is 1. The van der Waals surface area contributed by atoms with Crippen LogP contribution in [0, 0.1) is 31.0 Å². The van der Waals surface area contributed by atoms with E-state index in [4.69, 9.17) is 10.2 Å². The Morgan fingerprint density at radius 3 is 2.77 bits per heavy atom. The third-order valence-electron chi connectivity index (χ3n) is 4.90. The molecule has 0 atom stereocenters. The SMILES string of the molecule is Cc1ccc2nc(-c3ccc(F)c(C)c3)c(CC(=O)Nc3cccc(C#N)c3)n2c1. The van der Waals surface area contributed by atoms with Gasteiger partial charge in [-0.15, -0.1) is 0 Å². The number of aryl methyl sites for hydroxylation is 2. The maximum Gasteiger partial charge on any atom is 0.230 e. The number of benzene rings is 2. The molecule has 1 N–H and O–H groups in total. The van der Waals surface area contributed by atoms with E-state index in [1.54, 1.807) is 43.3 Å². The molecule has 0 saturated carbocycles. The van der Waals surface area contributed by atoms with Crippen LogP contribution < -0.4 is 5.32 Å². The molecule has 2 heterocycles. The molecule has 4 rings (SSSR count). The van der Waals surface area contributed by atoms with E-state index in [2.05, 4.69) is 11.4 Å². The highest BCUT2D eigenvalue weighted by Crippen LogP contribution is 2.27. The quantitative estimate of drug-likeness (QED) is 0.536. The van der Waals surface area contributed by atoms with Crippen molar-refractivity contribution in [2.75, 3.05) is 5.32 Å². The number of imidazole rings is 1. The number of carbonyl (C=O) groups is 1. The van der Waals surface area contributed by atoms with Crippen molar-refractivity contribution in [3.8, 4) is 17.3 Å². The molecule has 1 amide bonds. The highest BCUT2D eigenvalue weighted by molar-refractivity contribution is 5.93. The van der Waals surface area contributed by atoms with Crippen molar-refractivity contribution in [1.82, 2.24) is 9.38 Å². The minimum atomic E-state index is -0.282. The van der Waals surface area contributed by atoms with Gasteiger partial charge in [0.2, 0.25) is 5.91 Å². The van der Waals surface area contributed by atoms with E-state index < -0.39 is 0 Å². The van der Waals surface area contributed by atoms with Crippen LogP contribution >= 0.6 is 0 Å². The van der Waals surface area contributed by atoms with Gasteiger partial charge in [-0.25, -0.2) is 9.37 Å². The van der Waals surface area contributed by atoms with Gasteiger partial charge in [0.1, 0.15) is 11.5 Å². The Balaban J connectivity index is 1.74. The first-order valence-corrected chi connectivity index (χ1v) is 9.49. The molecule has 4 aromatic rings. The zero-order valence-corrected chi connectivity index (χ0v) is 16.6. The van der Waals surface area contributed by atoms with Crippen LogP contribution in [0.15, 0.2) is 60.8 Å². The normalized spacial score (nSPS) is 10.7. The lowest BCUT2D eigenvalue weighted by atomic mass is 10.1. The number of nitrogens with zero attached hydrogens (tertiary/aromatic N) is 3. The van der Waals surface area contributed by atoms with Gasteiger partial charge in [-0.1, -0.05) is 12.1 Å². The van der Waals surface area contributed by atoms with Gasteiger partial charge in [-0.3, -0.25) is 4.79 Å². The first-order chi connectivity index (χ1) is 14.4. The molecular formula is C24H19FN4O. The standard InChI is InChI=1S/C24H19FN4O/c1-15-6-9-22-28-24(18-7-8-20(25)16(2)10-18)21(29(22)14-15)12-23(30)27-19-5-3-4-17(11-19)13-26/h3-11,14H,12H2,1-2H3,(H,27,30). The summed E-state index contributed by atoms with van der Waals surface area (Å²) >= 11 is 0. The van der Waals surface area contributed by atoms with Crippen molar-refractivity contribution in [2.45, 2.75) is 20.3 Å². The number of nitriles is 1.